The number of carbonyl (C=O) groups is 2. The monoisotopic (exact) mass is 798 g/mol. The standard InChI is InChI=1S/C19H19FN6O4.C19H21FN6O2/c1-23-6-8-24(9-7-23)19(27)22-13-10-18(16-4-5-21-25(16)12-13)30-17-3-2-14(26(28)29)11-15(17)20;1-12-10-22-6-7-25(12)19(27)24-14-9-18(16-4-5-23-26(16)11-14)28-17-3-2-13(21)8-15(17)20/h2-5,10-12H,6-9H2,1H3,(H,22,27);2-5,8-9,11-12,22H,6-7,10,21H2,1H3,(H,24,27). The van der Waals surface area contributed by atoms with Gasteiger partial charge in [0, 0.05) is 81.8 Å². The van der Waals surface area contributed by atoms with Crippen molar-refractivity contribution in [2.75, 3.05) is 69.2 Å². The Morgan fingerprint density at radius 2 is 1.38 bits per heavy atom. The summed E-state index contributed by atoms with van der Waals surface area (Å²) in [5.74, 6) is -0.956. The highest BCUT2D eigenvalue weighted by Gasteiger charge is 2.24. The molecule has 2 aliphatic rings. The number of piperazine rings is 2. The predicted molar refractivity (Wildman–Crippen MR) is 211 cm³/mol. The number of halogens is 2. The van der Waals surface area contributed by atoms with E-state index in [2.05, 4.69) is 31.0 Å². The molecule has 0 aliphatic carbocycles. The molecule has 2 aliphatic heterocycles. The lowest BCUT2D eigenvalue weighted by Gasteiger charge is -2.33. The first kappa shape index (κ1) is 39.2. The van der Waals surface area contributed by atoms with Gasteiger partial charge in [-0.25, -0.2) is 27.4 Å². The molecule has 1 unspecified atom stereocenters. The van der Waals surface area contributed by atoms with Gasteiger partial charge in [-0.2, -0.15) is 10.2 Å². The van der Waals surface area contributed by atoms with E-state index in [1.807, 2.05) is 14.0 Å². The Morgan fingerprint density at radius 1 is 0.810 bits per heavy atom. The molecule has 6 aromatic rings. The average molecular weight is 799 g/mol. The van der Waals surface area contributed by atoms with Gasteiger partial charge >= 0.3 is 12.1 Å². The molecule has 1 atom stereocenters. The van der Waals surface area contributed by atoms with E-state index >= 15 is 0 Å². The number of pyridine rings is 2. The number of likely N-dealkylation sites (N-methyl/N-ethyl adjacent to an activating group) is 1. The van der Waals surface area contributed by atoms with E-state index in [1.165, 1.54) is 22.7 Å². The molecule has 4 amide bonds. The molecule has 0 saturated carbocycles. The number of nitro benzene ring substituents is 1. The van der Waals surface area contributed by atoms with Crippen molar-refractivity contribution < 1.29 is 32.8 Å². The number of nitrogens with two attached hydrogens (primary N) is 1. The maximum Gasteiger partial charge on any atom is 0.322 e. The summed E-state index contributed by atoms with van der Waals surface area (Å²) in [6, 6.07) is 13.6. The molecule has 58 heavy (non-hydrogen) atoms. The summed E-state index contributed by atoms with van der Waals surface area (Å²) in [5.41, 5.74) is 7.64. The van der Waals surface area contributed by atoms with Gasteiger partial charge in [0.1, 0.15) is 11.0 Å². The van der Waals surface area contributed by atoms with Gasteiger partial charge < -0.3 is 45.9 Å². The van der Waals surface area contributed by atoms with Crippen LogP contribution in [0.15, 0.2) is 85.5 Å². The van der Waals surface area contributed by atoms with E-state index in [4.69, 9.17) is 15.2 Å². The largest absolute Gasteiger partial charge is 0.452 e. The van der Waals surface area contributed by atoms with Crippen molar-refractivity contribution >= 4 is 45.8 Å². The Balaban J connectivity index is 0.000000177. The number of hydrogen-bond acceptors (Lipinski definition) is 11. The van der Waals surface area contributed by atoms with E-state index in [9.17, 15) is 28.5 Å². The second-order valence-corrected chi connectivity index (χ2v) is 13.7. The van der Waals surface area contributed by atoms with Crippen molar-refractivity contribution in [3.05, 3.63) is 107 Å². The zero-order valence-corrected chi connectivity index (χ0v) is 31.5. The number of hydrogen-bond donors (Lipinski definition) is 4. The minimum atomic E-state index is -0.867. The molecule has 0 bridgehead atoms. The second kappa shape index (κ2) is 17.0. The minimum absolute atomic E-state index is 0.0384. The van der Waals surface area contributed by atoms with Crippen molar-refractivity contribution in [2.45, 2.75) is 13.0 Å². The maximum atomic E-state index is 14.3. The van der Waals surface area contributed by atoms with E-state index in [-0.39, 0.29) is 41.0 Å². The average Bonchev–Trinajstić information content (AvgIpc) is 3.88. The number of rotatable bonds is 7. The van der Waals surface area contributed by atoms with Gasteiger partial charge in [0.25, 0.3) is 5.69 Å². The molecule has 2 saturated heterocycles. The summed E-state index contributed by atoms with van der Waals surface area (Å²) in [6.07, 6.45) is 6.46. The van der Waals surface area contributed by atoms with Crippen LogP contribution in [-0.4, -0.2) is 110 Å². The number of aromatic nitrogens is 4. The topological polar surface area (TPSA) is 202 Å². The predicted octanol–water partition coefficient (Wildman–Crippen LogP) is 5.63. The molecule has 4 aromatic heterocycles. The van der Waals surface area contributed by atoms with Gasteiger partial charge in [-0.15, -0.1) is 0 Å². The summed E-state index contributed by atoms with van der Waals surface area (Å²) in [7, 11) is 2.00. The Labute approximate surface area is 329 Å². The summed E-state index contributed by atoms with van der Waals surface area (Å²) in [5, 5.41) is 28.1. The van der Waals surface area contributed by atoms with Crippen LogP contribution in [0.4, 0.5) is 41.1 Å². The third-order valence-corrected chi connectivity index (χ3v) is 9.52. The van der Waals surface area contributed by atoms with Crippen molar-refractivity contribution in [3.63, 3.8) is 0 Å². The summed E-state index contributed by atoms with van der Waals surface area (Å²) >= 11 is 0. The molecule has 0 spiro atoms. The van der Waals surface area contributed by atoms with E-state index in [0.29, 0.717) is 53.5 Å². The number of amides is 4. The van der Waals surface area contributed by atoms with Gasteiger partial charge in [0.2, 0.25) is 0 Å². The van der Waals surface area contributed by atoms with Crippen LogP contribution in [0.25, 0.3) is 11.0 Å². The number of fused-ring (bicyclic) bond motifs is 2. The minimum Gasteiger partial charge on any atom is -0.452 e. The Morgan fingerprint density at radius 3 is 1.93 bits per heavy atom. The fraction of sp³-hybridized carbons (Fsp3) is 0.263. The van der Waals surface area contributed by atoms with Crippen molar-refractivity contribution in [3.8, 4) is 23.0 Å². The number of nitrogens with zero attached hydrogens (tertiary/aromatic N) is 8. The lowest BCUT2D eigenvalue weighted by molar-refractivity contribution is -0.385. The Bertz CT molecular complexity index is 2470. The smallest absolute Gasteiger partial charge is 0.322 e. The normalized spacial score (nSPS) is 15.8. The fourth-order valence-corrected chi connectivity index (χ4v) is 6.37. The van der Waals surface area contributed by atoms with Crippen LogP contribution in [0.3, 0.4) is 0 Å². The van der Waals surface area contributed by atoms with Crippen LogP contribution in [0, 0.1) is 21.7 Å². The van der Waals surface area contributed by atoms with Crippen molar-refractivity contribution in [2.24, 2.45) is 0 Å². The number of anilines is 3. The summed E-state index contributed by atoms with van der Waals surface area (Å²) in [6.45, 7) is 6.92. The molecule has 302 valence electrons. The first-order valence-electron chi connectivity index (χ1n) is 18.2. The van der Waals surface area contributed by atoms with Crippen LogP contribution in [0.2, 0.25) is 0 Å². The van der Waals surface area contributed by atoms with Crippen LogP contribution in [0.5, 0.6) is 23.0 Å². The quantitative estimate of drug-likeness (QED) is 0.0887. The zero-order valence-electron chi connectivity index (χ0n) is 31.5. The number of carbonyl (C=O) groups excluding carboxylic acids is 2. The molecule has 0 radical (unpaired) electrons. The number of benzene rings is 2. The van der Waals surface area contributed by atoms with Gasteiger partial charge in [-0.05, 0) is 44.3 Å². The Hall–Kier alpha value is -7.06. The van der Waals surface area contributed by atoms with Gasteiger partial charge in [0.15, 0.2) is 34.6 Å². The van der Waals surface area contributed by atoms with Crippen LogP contribution >= 0.6 is 0 Å². The molecular formula is C38H40F2N12O6. The zero-order chi connectivity index (χ0) is 40.9. The molecule has 18 nitrogen and oxygen atoms in total. The lowest BCUT2D eigenvalue weighted by atomic mass is 10.2. The molecule has 8 rings (SSSR count). The summed E-state index contributed by atoms with van der Waals surface area (Å²) < 4.78 is 42.9. The van der Waals surface area contributed by atoms with E-state index < -0.39 is 16.6 Å². The van der Waals surface area contributed by atoms with E-state index in [0.717, 1.165) is 38.3 Å². The van der Waals surface area contributed by atoms with Gasteiger partial charge in [-0.1, -0.05) is 0 Å². The van der Waals surface area contributed by atoms with Crippen molar-refractivity contribution in [1.29, 1.82) is 0 Å². The first-order valence-corrected chi connectivity index (χ1v) is 18.2. The number of urea groups is 2. The number of nitrogen functional groups attached to an aromatic ring is 1. The lowest BCUT2D eigenvalue weighted by Crippen LogP contribution is -2.53. The molecule has 2 aromatic carbocycles. The van der Waals surface area contributed by atoms with Crippen LogP contribution in [0.1, 0.15) is 6.92 Å². The molecule has 6 heterocycles. The second-order valence-electron chi connectivity index (χ2n) is 13.7. The fourth-order valence-electron chi connectivity index (χ4n) is 6.37. The molecular weight excluding hydrogens is 758 g/mol. The van der Waals surface area contributed by atoms with Crippen LogP contribution < -0.4 is 31.2 Å². The third kappa shape index (κ3) is 8.98. The highest BCUT2D eigenvalue weighted by atomic mass is 19.1. The van der Waals surface area contributed by atoms with Crippen molar-refractivity contribution in [1.82, 2.24) is 39.2 Å². The molecule has 5 N–H and O–H groups in total. The molecule has 2 fully saturated rings. The summed E-state index contributed by atoms with van der Waals surface area (Å²) in [4.78, 5) is 41.0. The Kier molecular flexibility index (Phi) is 11.5. The highest BCUT2D eigenvalue weighted by molar-refractivity contribution is 5.91. The number of nitro groups is 1. The number of ether oxygens (including phenoxy) is 2. The number of nitrogens with one attached hydrogen (secondary N) is 3. The first-order chi connectivity index (χ1) is 27.9. The number of non-ortho nitro benzene ring substituents is 1. The van der Waals surface area contributed by atoms with Gasteiger partial charge in [0.05, 0.1) is 47.2 Å². The van der Waals surface area contributed by atoms with Gasteiger partial charge in [-0.3, -0.25) is 10.1 Å². The third-order valence-electron chi connectivity index (χ3n) is 9.52. The molecule has 20 heteroatoms. The maximum absolute atomic E-state index is 14.3. The van der Waals surface area contributed by atoms with E-state index in [1.54, 1.807) is 69.4 Å². The SMILES string of the molecule is CC1CNCCN1C(=O)Nc1cc(Oc2ccc(N)cc2F)c2ccnn2c1.CN1CCN(C(=O)Nc2cc(Oc3ccc([N+](=O)[O-])cc3F)c3ccnn3c2)CC1. The van der Waals surface area contributed by atoms with Crippen LogP contribution in [-0.2, 0) is 0 Å². The highest BCUT2D eigenvalue weighted by Crippen LogP contribution is 2.33.